The first kappa shape index (κ1) is 17.5. The number of aryl methyl sites for hydroxylation is 2. The fourth-order valence-corrected chi connectivity index (χ4v) is 2.76. The number of rotatable bonds is 5. The first-order valence-electron chi connectivity index (χ1n) is 6.45. The van der Waals surface area contributed by atoms with Crippen LogP contribution in [0.2, 0.25) is 0 Å². The molecular formula is C15H19ClN2O2S. The van der Waals surface area contributed by atoms with E-state index in [4.69, 9.17) is 9.47 Å². The number of hydrogen-bond donors (Lipinski definition) is 0. The second-order valence-corrected chi connectivity index (χ2v) is 5.43. The van der Waals surface area contributed by atoms with Crippen LogP contribution in [0.1, 0.15) is 22.5 Å². The molecule has 0 unspecified atom stereocenters. The van der Waals surface area contributed by atoms with Crippen molar-refractivity contribution >= 4 is 23.5 Å². The molecule has 0 bridgehead atoms. The van der Waals surface area contributed by atoms with Gasteiger partial charge in [-0.05, 0) is 43.4 Å². The predicted molar refractivity (Wildman–Crippen MR) is 81.2 cm³/mol. The second-order valence-electron chi connectivity index (χ2n) is 4.22. The summed E-state index contributed by atoms with van der Waals surface area (Å²) in [4.78, 5) is 0. The zero-order valence-corrected chi connectivity index (χ0v) is 14.2. The van der Waals surface area contributed by atoms with E-state index in [1.54, 1.807) is 25.6 Å². The summed E-state index contributed by atoms with van der Waals surface area (Å²) in [6, 6.07) is 5.79. The second kappa shape index (κ2) is 8.00. The van der Waals surface area contributed by atoms with Crippen molar-refractivity contribution < 1.29 is 26.6 Å². The van der Waals surface area contributed by atoms with Crippen molar-refractivity contribution in [3.63, 3.8) is 0 Å². The Kier molecular flexibility index (Phi) is 6.65. The van der Waals surface area contributed by atoms with Gasteiger partial charge in [0, 0.05) is 22.8 Å². The summed E-state index contributed by atoms with van der Waals surface area (Å²) in [5.41, 5.74) is 1.02. The first-order valence-corrected chi connectivity index (χ1v) is 7.27. The monoisotopic (exact) mass is 326 g/mol. The Morgan fingerprint density at radius 3 is 2.62 bits per heavy atom. The van der Waals surface area contributed by atoms with Gasteiger partial charge in [-0.15, -0.1) is 0 Å². The molecule has 0 N–H and O–H groups in total. The number of hydrogen-bond acceptors (Lipinski definition) is 4. The van der Waals surface area contributed by atoms with Crippen LogP contribution in [-0.4, -0.2) is 19.3 Å². The minimum Gasteiger partial charge on any atom is -1.00 e. The molecule has 1 aromatic heterocycles. The van der Waals surface area contributed by atoms with Gasteiger partial charge in [0.05, 0.1) is 14.2 Å². The van der Waals surface area contributed by atoms with E-state index < -0.39 is 0 Å². The van der Waals surface area contributed by atoms with Crippen LogP contribution < -0.4 is 26.6 Å². The highest BCUT2D eigenvalue weighted by atomic mass is 35.5. The zero-order chi connectivity index (χ0) is 14.5. The standard InChI is InChI=1S/C15H19N2O2S.ClH/c1-5-17-15(20-11(2)16-17)9-7-12-6-8-13(18-3)10-14(12)19-4;/h6-10H,5H2,1-4H3;1H/q+1;/p-1. The van der Waals surface area contributed by atoms with Crippen LogP contribution in [0.5, 0.6) is 11.5 Å². The predicted octanol–water partition coefficient (Wildman–Crippen LogP) is -0.0495. The first-order chi connectivity index (χ1) is 9.67. The quantitative estimate of drug-likeness (QED) is 0.723. The van der Waals surface area contributed by atoms with E-state index in [0.29, 0.717) is 0 Å². The van der Waals surface area contributed by atoms with Crippen LogP contribution in [-0.2, 0) is 6.54 Å². The summed E-state index contributed by atoms with van der Waals surface area (Å²) >= 11 is 1.68. The summed E-state index contributed by atoms with van der Waals surface area (Å²) in [5, 5.41) is 6.63. The molecule has 2 aromatic rings. The average Bonchev–Trinajstić information content (AvgIpc) is 2.85. The summed E-state index contributed by atoms with van der Waals surface area (Å²) in [7, 11) is 3.31. The molecule has 2 rings (SSSR count). The molecule has 21 heavy (non-hydrogen) atoms. The van der Waals surface area contributed by atoms with Crippen molar-refractivity contribution in [1.82, 2.24) is 5.10 Å². The van der Waals surface area contributed by atoms with E-state index in [1.165, 1.54) is 0 Å². The molecule has 0 aliphatic heterocycles. The maximum atomic E-state index is 5.39. The van der Waals surface area contributed by atoms with Gasteiger partial charge < -0.3 is 21.9 Å². The lowest BCUT2D eigenvalue weighted by molar-refractivity contribution is -0.747. The molecule has 0 fully saturated rings. The minimum atomic E-state index is 0. The van der Waals surface area contributed by atoms with E-state index >= 15 is 0 Å². The van der Waals surface area contributed by atoms with Gasteiger partial charge >= 0.3 is 0 Å². The van der Waals surface area contributed by atoms with Crippen molar-refractivity contribution in [2.24, 2.45) is 0 Å². The third kappa shape index (κ3) is 4.19. The molecule has 0 aliphatic rings. The number of aromatic nitrogens is 2. The van der Waals surface area contributed by atoms with Crippen molar-refractivity contribution in [2.45, 2.75) is 20.4 Å². The van der Waals surface area contributed by atoms with E-state index in [2.05, 4.69) is 18.1 Å². The molecular weight excluding hydrogens is 308 g/mol. The average molecular weight is 327 g/mol. The van der Waals surface area contributed by atoms with Crippen molar-refractivity contribution in [1.29, 1.82) is 0 Å². The Balaban J connectivity index is 0.00000220. The van der Waals surface area contributed by atoms with Gasteiger partial charge in [0.25, 0.3) is 5.01 Å². The van der Waals surface area contributed by atoms with Crippen LogP contribution >= 0.6 is 11.3 Å². The van der Waals surface area contributed by atoms with Gasteiger partial charge in [0.2, 0.25) is 0 Å². The fraction of sp³-hybridized carbons (Fsp3) is 0.333. The Morgan fingerprint density at radius 2 is 2.00 bits per heavy atom. The van der Waals surface area contributed by atoms with Crippen LogP contribution in [0.3, 0.4) is 0 Å². The lowest BCUT2D eigenvalue weighted by Gasteiger charge is -2.06. The molecule has 0 spiro atoms. The molecule has 4 nitrogen and oxygen atoms in total. The third-order valence-electron chi connectivity index (χ3n) is 2.91. The number of benzene rings is 1. The molecule has 0 aliphatic carbocycles. The molecule has 0 amide bonds. The molecule has 1 heterocycles. The number of methoxy groups -OCH3 is 2. The third-order valence-corrected chi connectivity index (χ3v) is 3.85. The summed E-state index contributed by atoms with van der Waals surface area (Å²) in [6.07, 6.45) is 4.11. The van der Waals surface area contributed by atoms with Gasteiger partial charge in [-0.25, -0.2) is 0 Å². The molecule has 1 aromatic carbocycles. The highest BCUT2D eigenvalue weighted by molar-refractivity contribution is 7.11. The smallest absolute Gasteiger partial charge is 0.289 e. The van der Waals surface area contributed by atoms with Gasteiger partial charge in [0.1, 0.15) is 11.5 Å². The van der Waals surface area contributed by atoms with Crippen LogP contribution in [0.4, 0.5) is 0 Å². The lowest BCUT2D eigenvalue weighted by Crippen LogP contribution is -3.00. The van der Waals surface area contributed by atoms with Crippen LogP contribution in [0, 0.1) is 6.92 Å². The number of ether oxygens (including phenoxy) is 2. The Morgan fingerprint density at radius 1 is 1.24 bits per heavy atom. The minimum absolute atomic E-state index is 0. The summed E-state index contributed by atoms with van der Waals surface area (Å²) in [5.74, 6) is 1.58. The van der Waals surface area contributed by atoms with Gasteiger partial charge in [-0.3, -0.25) is 0 Å². The molecule has 0 saturated heterocycles. The highest BCUT2D eigenvalue weighted by Crippen LogP contribution is 2.26. The lowest BCUT2D eigenvalue weighted by atomic mass is 10.2. The van der Waals surface area contributed by atoms with Crippen molar-refractivity contribution in [2.75, 3.05) is 14.2 Å². The van der Waals surface area contributed by atoms with Gasteiger partial charge in [-0.1, -0.05) is 4.68 Å². The summed E-state index contributed by atoms with van der Waals surface area (Å²) < 4.78 is 12.6. The maximum absolute atomic E-state index is 5.39. The normalized spacial score (nSPS) is 10.5. The number of nitrogens with zero attached hydrogens (tertiary/aromatic N) is 2. The fourth-order valence-electron chi connectivity index (χ4n) is 1.91. The highest BCUT2D eigenvalue weighted by Gasteiger charge is 2.13. The van der Waals surface area contributed by atoms with Crippen LogP contribution in [0.25, 0.3) is 12.2 Å². The molecule has 114 valence electrons. The molecule has 0 saturated carbocycles. The Labute approximate surface area is 135 Å². The SMILES string of the molecule is CC[n+]1nc(C)sc1C=Cc1ccc(OC)cc1OC.[Cl-]. The summed E-state index contributed by atoms with van der Waals surface area (Å²) in [6.45, 7) is 4.97. The maximum Gasteiger partial charge on any atom is 0.289 e. The number of halogens is 1. The van der Waals surface area contributed by atoms with Crippen molar-refractivity contribution in [3.8, 4) is 11.5 Å². The molecule has 6 heteroatoms. The zero-order valence-electron chi connectivity index (χ0n) is 12.6. The van der Waals surface area contributed by atoms with Crippen molar-refractivity contribution in [3.05, 3.63) is 33.8 Å². The van der Waals surface area contributed by atoms with E-state index in [-0.39, 0.29) is 12.4 Å². The Bertz CT molecular complexity index is 626. The van der Waals surface area contributed by atoms with Gasteiger partial charge in [0.15, 0.2) is 11.6 Å². The topological polar surface area (TPSA) is 35.2 Å². The molecule has 0 atom stereocenters. The largest absolute Gasteiger partial charge is 1.00 e. The van der Waals surface area contributed by atoms with E-state index in [0.717, 1.165) is 33.6 Å². The van der Waals surface area contributed by atoms with Gasteiger partial charge in [-0.2, -0.15) is 0 Å². The van der Waals surface area contributed by atoms with Crippen LogP contribution in [0.15, 0.2) is 18.2 Å². The van der Waals surface area contributed by atoms with E-state index in [9.17, 15) is 0 Å². The van der Waals surface area contributed by atoms with E-state index in [1.807, 2.05) is 35.9 Å². The molecule has 0 radical (unpaired) electrons. The Hall–Kier alpha value is -1.59.